The molecule has 0 saturated carbocycles. The smallest absolute Gasteiger partial charge is 0.239 e. The molecule has 0 unspecified atom stereocenters. The van der Waals surface area contributed by atoms with E-state index in [0.29, 0.717) is 19.5 Å². The van der Waals surface area contributed by atoms with Crippen LogP contribution in [0.5, 0.6) is 5.75 Å². The molecule has 2 aromatic rings. The second kappa shape index (κ2) is 9.42. The zero-order valence-electron chi connectivity index (χ0n) is 14.6. The molecule has 0 atom stereocenters. The molecule has 1 heterocycles. The average molecular weight is 341 g/mol. The van der Waals surface area contributed by atoms with Gasteiger partial charge in [0.1, 0.15) is 5.75 Å². The predicted octanol–water partition coefficient (Wildman–Crippen LogP) is 1.80. The molecule has 6 nitrogen and oxygen atoms in total. The van der Waals surface area contributed by atoms with Crippen molar-refractivity contribution in [2.24, 2.45) is 0 Å². The number of nitrogens with one attached hydrogen (secondary N) is 1. The van der Waals surface area contributed by atoms with Gasteiger partial charge in [-0.1, -0.05) is 24.3 Å². The second-order valence-corrected chi connectivity index (χ2v) is 5.60. The lowest BCUT2D eigenvalue weighted by Gasteiger charge is -2.21. The fourth-order valence-corrected chi connectivity index (χ4v) is 2.43. The summed E-state index contributed by atoms with van der Waals surface area (Å²) in [6.07, 6.45) is 2.30. The van der Waals surface area contributed by atoms with E-state index in [1.54, 1.807) is 13.3 Å². The lowest BCUT2D eigenvalue weighted by Crippen LogP contribution is -2.40. The Kier molecular flexibility index (Phi) is 6.95. The van der Waals surface area contributed by atoms with Crippen LogP contribution in [-0.2, 0) is 22.6 Å². The Bertz CT molecular complexity index is 704. The minimum Gasteiger partial charge on any atom is -0.496 e. The highest BCUT2D eigenvalue weighted by Crippen LogP contribution is 2.18. The van der Waals surface area contributed by atoms with E-state index in [-0.39, 0.29) is 18.4 Å². The number of carbonyl (C=O) groups is 2. The number of methoxy groups -OCH3 is 1. The van der Waals surface area contributed by atoms with Gasteiger partial charge in [-0.05, 0) is 30.2 Å². The quantitative estimate of drug-likeness (QED) is 0.795. The largest absolute Gasteiger partial charge is 0.496 e. The third-order valence-electron chi connectivity index (χ3n) is 3.82. The molecule has 2 rings (SSSR count). The molecular formula is C19H23N3O3. The average Bonchev–Trinajstić information content (AvgIpc) is 2.64. The Labute approximate surface area is 147 Å². The second-order valence-electron chi connectivity index (χ2n) is 5.60. The zero-order chi connectivity index (χ0) is 18.1. The summed E-state index contributed by atoms with van der Waals surface area (Å²) >= 11 is 0. The fourth-order valence-electron chi connectivity index (χ4n) is 2.43. The molecule has 25 heavy (non-hydrogen) atoms. The van der Waals surface area contributed by atoms with Crippen LogP contribution in [0, 0.1) is 0 Å². The maximum Gasteiger partial charge on any atom is 0.239 e. The number of hydrogen-bond donors (Lipinski definition) is 1. The van der Waals surface area contributed by atoms with Crippen molar-refractivity contribution in [2.75, 3.05) is 20.2 Å². The van der Waals surface area contributed by atoms with Crippen molar-refractivity contribution in [2.45, 2.75) is 19.9 Å². The first-order chi connectivity index (χ1) is 12.1. The van der Waals surface area contributed by atoms with Crippen molar-refractivity contribution in [3.05, 3.63) is 59.9 Å². The van der Waals surface area contributed by atoms with Crippen LogP contribution in [0.2, 0.25) is 0 Å². The molecule has 2 amide bonds. The van der Waals surface area contributed by atoms with Crippen LogP contribution in [-0.4, -0.2) is 41.9 Å². The molecule has 0 fully saturated rings. The van der Waals surface area contributed by atoms with Gasteiger partial charge in [-0.25, -0.2) is 0 Å². The summed E-state index contributed by atoms with van der Waals surface area (Å²) in [4.78, 5) is 29.6. The molecule has 0 aliphatic heterocycles. The highest BCUT2D eigenvalue weighted by atomic mass is 16.5. The predicted molar refractivity (Wildman–Crippen MR) is 95.0 cm³/mol. The molecule has 0 bridgehead atoms. The maximum absolute atomic E-state index is 12.1. The molecule has 6 heteroatoms. The van der Waals surface area contributed by atoms with Crippen molar-refractivity contribution < 1.29 is 14.3 Å². The van der Waals surface area contributed by atoms with E-state index in [1.807, 2.05) is 42.5 Å². The first-order valence-corrected chi connectivity index (χ1v) is 8.14. The Balaban J connectivity index is 1.87. The molecule has 0 radical (unpaired) electrons. The zero-order valence-corrected chi connectivity index (χ0v) is 14.6. The molecule has 0 aliphatic carbocycles. The Morgan fingerprint density at radius 3 is 2.60 bits per heavy atom. The van der Waals surface area contributed by atoms with Crippen LogP contribution in [0.25, 0.3) is 0 Å². The molecule has 1 aromatic heterocycles. The minimum atomic E-state index is -0.208. The van der Waals surface area contributed by atoms with Gasteiger partial charge in [0.25, 0.3) is 0 Å². The van der Waals surface area contributed by atoms with Gasteiger partial charge < -0.3 is 15.0 Å². The summed E-state index contributed by atoms with van der Waals surface area (Å²) in [5.41, 5.74) is 1.78. The Morgan fingerprint density at radius 1 is 1.16 bits per heavy atom. The van der Waals surface area contributed by atoms with Crippen LogP contribution < -0.4 is 10.1 Å². The normalized spacial score (nSPS) is 10.2. The van der Waals surface area contributed by atoms with Crippen LogP contribution in [0.3, 0.4) is 0 Å². The summed E-state index contributed by atoms with van der Waals surface area (Å²) in [6, 6.07) is 13.2. The van der Waals surface area contributed by atoms with Gasteiger partial charge in [0.15, 0.2) is 0 Å². The number of para-hydroxylation sites is 1. The first kappa shape index (κ1) is 18.4. The van der Waals surface area contributed by atoms with Gasteiger partial charge in [-0.3, -0.25) is 14.6 Å². The number of aromatic nitrogens is 1. The number of ether oxygens (including phenoxy) is 1. The third-order valence-corrected chi connectivity index (χ3v) is 3.82. The summed E-state index contributed by atoms with van der Waals surface area (Å²) in [6.45, 7) is 2.29. The van der Waals surface area contributed by atoms with Gasteiger partial charge in [0.05, 0.1) is 25.9 Å². The summed E-state index contributed by atoms with van der Waals surface area (Å²) in [5, 5.41) is 2.79. The van der Waals surface area contributed by atoms with E-state index in [0.717, 1.165) is 17.0 Å². The monoisotopic (exact) mass is 341 g/mol. The Morgan fingerprint density at radius 2 is 1.92 bits per heavy atom. The van der Waals surface area contributed by atoms with E-state index >= 15 is 0 Å². The number of hydrogen-bond acceptors (Lipinski definition) is 4. The Hall–Kier alpha value is -2.89. The standard InChI is InChI=1S/C19H23N3O3/c1-15(23)22(12-10-16-7-3-4-9-18(16)25-2)14-19(24)21-13-17-8-5-6-11-20-17/h3-9,11H,10,12-14H2,1-2H3,(H,21,24). The van der Waals surface area contributed by atoms with Crippen LogP contribution in [0.1, 0.15) is 18.2 Å². The number of rotatable bonds is 8. The van der Waals surface area contributed by atoms with Crippen LogP contribution in [0.15, 0.2) is 48.7 Å². The van der Waals surface area contributed by atoms with Crippen LogP contribution in [0.4, 0.5) is 0 Å². The summed E-state index contributed by atoms with van der Waals surface area (Å²) < 4.78 is 5.32. The van der Waals surface area contributed by atoms with Crippen molar-refractivity contribution >= 4 is 11.8 Å². The molecule has 1 N–H and O–H groups in total. The van der Waals surface area contributed by atoms with E-state index in [1.165, 1.54) is 11.8 Å². The summed E-state index contributed by atoms with van der Waals surface area (Å²) in [7, 11) is 1.62. The molecule has 0 aliphatic rings. The number of nitrogens with zero attached hydrogens (tertiary/aromatic N) is 2. The topological polar surface area (TPSA) is 71.5 Å². The van der Waals surface area contributed by atoms with Gasteiger partial charge in [0.2, 0.25) is 11.8 Å². The van der Waals surface area contributed by atoms with Crippen molar-refractivity contribution in [3.8, 4) is 5.75 Å². The van der Waals surface area contributed by atoms with E-state index in [9.17, 15) is 9.59 Å². The van der Waals surface area contributed by atoms with E-state index in [2.05, 4.69) is 10.3 Å². The van der Waals surface area contributed by atoms with Crippen LogP contribution >= 0.6 is 0 Å². The van der Waals surface area contributed by atoms with Crippen molar-refractivity contribution in [1.82, 2.24) is 15.2 Å². The van der Waals surface area contributed by atoms with Crippen molar-refractivity contribution in [1.29, 1.82) is 0 Å². The SMILES string of the molecule is COc1ccccc1CCN(CC(=O)NCc1ccccn1)C(C)=O. The molecule has 1 aromatic carbocycles. The number of carbonyl (C=O) groups excluding carboxylic acids is 2. The number of benzene rings is 1. The summed E-state index contributed by atoms with van der Waals surface area (Å²) in [5.74, 6) is 0.439. The maximum atomic E-state index is 12.1. The lowest BCUT2D eigenvalue weighted by molar-refractivity contribution is -0.134. The third kappa shape index (κ3) is 5.91. The molecule has 0 spiro atoms. The number of amides is 2. The van der Waals surface area contributed by atoms with E-state index in [4.69, 9.17) is 4.74 Å². The van der Waals surface area contributed by atoms with Gasteiger partial charge >= 0.3 is 0 Å². The lowest BCUT2D eigenvalue weighted by atomic mass is 10.1. The van der Waals surface area contributed by atoms with Gasteiger partial charge in [-0.2, -0.15) is 0 Å². The van der Waals surface area contributed by atoms with E-state index < -0.39 is 0 Å². The minimum absolute atomic E-state index is 0.0251. The highest BCUT2D eigenvalue weighted by molar-refractivity contribution is 5.83. The highest BCUT2D eigenvalue weighted by Gasteiger charge is 2.14. The fraction of sp³-hybridized carbons (Fsp3) is 0.316. The van der Waals surface area contributed by atoms with Gasteiger partial charge in [-0.15, -0.1) is 0 Å². The molecule has 132 valence electrons. The first-order valence-electron chi connectivity index (χ1n) is 8.14. The van der Waals surface area contributed by atoms with Crippen molar-refractivity contribution in [3.63, 3.8) is 0 Å². The molecule has 0 saturated heterocycles. The number of pyridine rings is 1. The van der Waals surface area contributed by atoms with Gasteiger partial charge in [0, 0.05) is 19.7 Å². The molecular weight excluding hydrogens is 318 g/mol.